The van der Waals surface area contributed by atoms with Crippen molar-refractivity contribution in [1.82, 2.24) is 29.9 Å². The molecule has 1 atom stereocenters. The summed E-state index contributed by atoms with van der Waals surface area (Å²) < 4.78 is 28.7. The fourth-order valence-electron chi connectivity index (χ4n) is 4.22. The van der Waals surface area contributed by atoms with Crippen LogP contribution in [-0.2, 0) is 6.54 Å². The molecule has 0 saturated carbocycles. The topological polar surface area (TPSA) is 109 Å². The lowest BCUT2D eigenvalue weighted by Gasteiger charge is -2.32. The fourth-order valence-corrected chi connectivity index (χ4v) is 4.22. The number of benzene rings is 2. The van der Waals surface area contributed by atoms with E-state index < -0.39 is 23.2 Å². The first-order valence-electron chi connectivity index (χ1n) is 11.3. The van der Waals surface area contributed by atoms with Gasteiger partial charge in [-0.25, -0.2) is 23.2 Å². The van der Waals surface area contributed by atoms with Gasteiger partial charge < -0.3 is 15.2 Å². The minimum Gasteiger partial charge on any atom is -0.324 e. The lowest BCUT2D eigenvalue weighted by Crippen LogP contribution is -2.42. The van der Waals surface area contributed by atoms with Gasteiger partial charge in [-0.1, -0.05) is 35.0 Å². The summed E-state index contributed by atoms with van der Waals surface area (Å²) >= 11 is 0. The third-order valence-electron chi connectivity index (χ3n) is 6.11. The molecule has 1 fully saturated rings. The Morgan fingerprint density at radius 1 is 1.20 bits per heavy atom. The van der Waals surface area contributed by atoms with E-state index in [0.717, 1.165) is 17.2 Å². The van der Waals surface area contributed by atoms with E-state index in [-0.39, 0.29) is 23.7 Å². The lowest BCUT2D eigenvalue weighted by atomic mass is 9.97. The van der Waals surface area contributed by atoms with E-state index in [1.54, 1.807) is 4.68 Å². The summed E-state index contributed by atoms with van der Waals surface area (Å²) in [7, 11) is 0. The summed E-state index contributed by atoms with van der Waals surface area (Å²) in [5, 5.41) is 10.6. The van der Waals surface area contributed by atoms with E-state index in [2.05, 4.69) is 25.6 Å². The zero-order valence-electron chi connectivity index (χ0n) is 19.0. The molecule has 0 radical (unpaired) electrons. The predicted molar refractivity (Wildman–Crippen MR) is 125 cm³/mol. The Hall–Kier alpha value is -4.15. The lowest BCUT2D eigenvalue weighted by molar-refractivity contribution is 0.191. The molecule has 180 valence electrons. The summed E-state index contributed by atoms with van der Waals surface area (Å²) in [4.78, 5) is 34.4. The number of hydrogen-bond donors (Lipinski definition) is 2. The van der Waals surface area contributed by atoms with Crippen LogP contribution in [0.5, 0.6) is 0 Å². The standard InChI is InChI=1S/C24H23F2N7O2/c1-14-4-6-15(7-5-14)12-33-22-20(30-31-33)23(34)29-21(28-22)16-3-2-10-32(13-16)24(35)27-19-9-8-17(25)11-18(19)26/h4-9,11,16H,2-3,10,12-13H2,1H3,(H,27,35)(H,28,29,34)/t16-/m1/s1. The Labute approximate surface area is 198 Å². The number of nitrogens with zero attached hydrogens (tertiary/aromatic N) is 5. The highest BCUT2D eigenvalue weighted by atomic mass is 19.1. The van der Waals surface area contributed by atoms with Gasteiger partial charge in [0.05, 0.1) is 12.2 Å². The van der Waals surface area contributed by atoms with Gasteiger partial charge in [-0.05, 0) is 37.5 Å². The molecule has 3 heterocycles. The van der Waals surface area contributed by atoms with Crippen LogP contribution in [0.2, 0.25) is 0 Å². The summed E-state index contributed by atoms with van der Waals surface area (Å²) in [6, 6.07) is 10.4. The van der Waals surface area contributed by atoms with E-state index in [9.17, 15) is 18.4 Å². The van der Waals surface area contributed by atoms with E-state index in [0.29, 0.717) is 43.5 Å². The van der Waals surface area contributed by atoms with Crippen LogP contribution < -0.4 is 10.9 Å². The number of halogens is 2. The van der Waals surface area contributed by atoms with Crippen molar-refractivity contribution in [2.75, 3.05) is 18.4 Å². The van der Waals surface area contributed by atoms with Crippen molar-refractivity contribution in [3.8, 4) is 0 Å². The van der Waals surface area contributed by atoms with Crippen molar-refractivity contribution >= 4 is 22.9 Å². The number of aryl methyl sites for hydroxylation is 1. The van der Waals surface area contributed by atoms with Crippen LogP contribution in [0.25, 0.3) is 11.2 Å². The number of likely N-dealkylation sites (tertiary alicyclic amines) is 1. The molecular formula is C24H23F2N7O2. The van der Waals surface area contributed by atoms with Gasteiger partial charge in [-0.3, -0.25) is 4.79 Å². The van der Waals surface area contributed by atoms with Gasteiger partial charge in [-0.15, -0.1) is 5.10 Å². The van der Waals surface area contributed by atoms with Gasteiger partial charge in [0, 0.05) is 25.1 Å². The summed E-state index contributed by atoms with van der Waals surface area (Å²) in [6.45, 7) is 3.16. The van der Waals surface area contributed by atoms with Crippen molar-refractivity contribution in [2.24, 2.45) is 0 Å². The van der Waals surface area contributed by atoms with E-state index in [1.165, 1.54) is 11.0 Å². The summed E-state index contributed by atoms with van der Waals surface area (Å²) in [6.07, 6.45) is 1.38. The van der Waals surface area contributed by atoms with Crippen LogP contribution in [0, 0.1) is 18.6 Å². The average Bonchev–Trinajstić information content (AvgIpc) is 3.25. The predicted octanol–water partition coefficient (Wildman–Crippen LogP) is 3.56. The van der Waals surface area contributed by atoms with Gasteiger partial charge in [0.2, 0.25) is 0 Å². The SMILES string of the molecule is Cc1ccc(Cn2nnc3c(=O)[nH]c([C@@H]4CCCN(C(=O)Nc5ccc(F)cc5F)C4)nc32)cc1. The molecule has 0 aliphatic carbocycles. The third-order valence-corrected chi connectivity index (χ3v) is 6.11. The summed E-state index contributed by atoms with van der Waals surface area (Å²) in [5.41, 5.74) is 2.17. The Morgan fingerprint density at radius 2 is 2.00 bits per heavy atom. The number of urea groups is 1. The number of aromatic amines is 1. The molecule has 5 rings (SSSR count). The van der Waals surface area contributed by atoms with Gasteiger partial charge in [-0.2, -0.15) is 0 Å². The number of carbonyl (C=O) groups is 1. The quantitative estimate of drug-likeness (QED) is 0.465. The second-order valence-electron chi connectivity index (χ2n) is 8.70. The number of piperidine rings is 1. The summed E-state index contributed by atoms with van der Waals surface area (Å²) in [5.74, 6) is -1.36. The molecule has 1 aliphatic rings. The Morgan fingerprint density at radius 3 is 2.77 bits per heavy atom. The van der Waals surface area contributed by atoms with Gasteiger partial charge in [0.1, 0.15) is 17.5 Å². The van der Waals surface area contributed by atoms with Crippen LogP contribution in [0.4, 0.5) is 19.3 Å². The number of anilines is 1. The largest absolute Gasteiger partial charge is 0.324 e. The highest BCUT2D eigenvalue weighted by Gasteiger charge is 2.28. The second kappa shape index (κ2) is 9.24. The van der Waals surface area contributed by atoms with E-state index in [1.807, 2.05) is 31.2 Å². The van der Waals surface area contributed by atoms with Crippen molar-refractivity contribution < 1.29 is 13.6 Å². The number of nitrogens with one attached hydrogen (secondary N) is 2. The molecule has 2 aromatic heterocycles. The minimum atomic E-state index is -0.849. The molecule has 2 aromatic carbocycles. The monoisotopic (exact) mass is 479 g/mol. The van der Waals surface area contributed by atoms with Gasteiger partial charge in [0.15, 0.2) is 11.2 Å². The van der Waals surface area contributed by atoms with Crippen molar-refractivity contribution in [3.63, 3.8) is 0 Å². The van der Waals surface area contributed by atoms with Crippen molar-refractivity contribution in [1.29, 1.82) is 0 Å². The molecule has 2 N–H and O–H groups in total. The van der Waals surface area contributed by atoms with E-state index >= 15 is 0 Å². The Bertz CT molecular complexity index is 1450. The molecule has 9 nitrogen and oxygen atoms in total. The molecule has 0 spiro atoms. The van der Waals surface area contributed by atoms with Crippen molar-refractivity contribution in [2.45, 2.75) is 32.2 Å². The van der Waals surface area contributed by atoms with Crippen LogP contribution in [0.15, 0.2) is 47.3 Å². The van der Waals surface area contributed by atoms with Crippen LogP contribution >= 0.6 is 0 Å². The molecule has 0 unspecified atom stereocenters. The number of carbonyl (C=O) groups excluding carboxylic acids is 1. The minimum absolute atomic E-state index is 0.0995. The first kappa shape index (κ1) is 22.6. The molecule has 0 bridgehead atoms. The average molecular weight is 479 g/mol. The van der Waals surface area contributed by atoms with Gasteiger partial charge in [0.25, 0.3) is 5.56 Å². The highest BCUT2D eigenvalue weighted by molar-refractivity contribution is 5.89. The number of H-pyrrole nitrogens is 1. The van der Waals surface area contributed by atoms with E-state index in [4.69, 9.17) is 0 Å². The zero-order chi connectivity index (χ0) is 24.5. The number of rotatable bonds is 4. The Balaban J connectivity index is 1.36. The molecule has 2 amide bonds. The number of fused-ring (bicyclic) bond motifs is 1. The van der Waals surface area contributed by atoms with Crippen LogP contribution in [0.1, 0.15) is 35.7 Å². The van der Waals surface area contributed by atoms with Crippen LogP contribution in [0.3, 0.4) is 0 Å². The smallest absolute Gasteiger partial charge is 0.321 e. The fraction of sp³-hybridized carbons (Fsp3) is 0.292. The number of aromatic nitrogens is 5. The molecule has 1 saturated heterocycles. The normalized spacial score (nSPS) is 16.0. The maximum Gasteiger partial charge on any atom is 0.321 e. The molecule has 4 aromatic rings. The highest BCUT2D eigenvalue weighted by Crippen LogP contribution is 2.26. The molecule has 1 aliphatic heterocycles. The third kappa shape index (κ3) is 4.75. The maximum absolute atomic E-state index is 14.0. The number of hydrogen-bond acceptors (Lipinski definition) is 5. The molecule has 11 heteroatoms. The maximum atomic E-state index is 14.0. The zero-order valence-corrected chi connectivity index (χ0v) is 19.0. The molecular weight excluding hydrogens is 456 g/mol. The van der Waals surface area contributed by atoms with Crippen LogP contribution in [-0.4, -0.2) is 49.0 Å². The number of amides is 2. The van der Waals surface area contributed by atoms with Gasteiger partial charge >= 0.3 is 6.03 Å². The molecule has 35 heavy (non-hydrogen) atoms. The first-order chi connectivity index (χ1) is 16.9. The van der Waals surface area contributed by atoms with Crippen molar-refractivity contribution in [3.05, 3.63) is 81.4 Å². The second-order valence-corrected chi connectivity index (χ2v) is 8.70. The first-order valence-corrected chi connectivity index (χ1v) is 11.3. The Kier molecular flexibility index (Phi) is 5.98.